The monoisotopic (exact) mass is 440 g/mol. The number of anilines is 2. The maximum Gasteiger partial charge on any atom is 0.322 e. The van der Waals surface area contributed by atoms with Gasteiger partial charge in [-0.2, -0.15) is 0 Å². The molecule has 1 aromatic carbocycles. The molecule has 4 rings (SSSR count). The highest BCUT2D eigenvalue weighted by atomic mass is 16.5. The van der Waals surface area contributed by atoms with Gasteiger partial charge in [0.1, 0.15) is 11.6 Å². The zero-order chi connectivity index (χ0) is 22.3. The van der Waals surface area contributed by atoms with Gasteiger partial charge in [-0.25, -0.2) is 9.78 Å². The van der Waals surface area contributed by atoms with E-state index in [0.29, 0.717) is 38.3 Å². The van der Waals surface area contributed by atoms with Gasteiger partial charge in [-0.1, -0.05) is 12.1 Å². The van der Waals surface area contributed by atoms with E-state index in [1.165, 1.54) is 0 Å². The average molecular weight is 441 g/mol. The Bertz CT molecular complexity index is 878. The summed E-state index contributed by atoms with van der Waals surface area (Å²) >= 11 is 0. The van der Waals surface area contributed by atoms with Gasteiger partial charge in [0.05, 0.1) is 38.3 Å². The summed E-state index contributed by atoms with van der Waals surface area (Å²) < 4.78 is 10.7. The van der Waals surface area contributed by atoms with Crippen molar-refractivity contribution in [2.75, 3.05) is 43.6 Å². The van der Waals surface area contributed by atoms with Crippen LogP contribution < -0.4 is 15.0 Å². The van der Waals surface area contributed by atoms with Crippen molar-refractivity contribution in [3.63, 3.8) is 0 Å². The number of pyridine rings is 1. The van der Waals surface area contributed by atoms with E-state index in [9.17, 15) is 9.90 Å². The summed E-state index contributed by atoms with van der Waals surface area (Å²) in [6, 6.07) is 11.5. The number of methoxy groups -OCH3 is 1. The molecule has 2 aliphatic rings. The van der Waals surface area contributed by atoms with Crippen LogP contribution in [0, 0.1) is 0 Å². The third-order valence-electron chi connectivity index (χ3n) is 6.19. The lowest BCUT2D eigenvalue weighted by molar-refractivity contribution is 0.0849. The first-order valence-corrected chi connectivity index (χ1v) is 11.3. The zero-order valence-corrected chi connectivity index (χ0v) is 18.6. The molecule has 0 bridgehead atoms. The minimum absolute atomic E-state index is 0.0742. The van der Waals surface area contributed by atoms with Crippen LogP contribution in [0.25, 0.3) is 0 Å². The molecular formula is C24H32N4O4. The Kier molecular flexibility index (Phi) is 7.44. The van der Waals surface area contributed by atoms with E-state index in [0.717, 1.165) is 43.1 Å². The Morgan fingerprint density at radius 3 is 2.69 bits per heavy atom. The zero-order valence-electron chi connectivity index (χ0n) is 18.6. The van der Waals surface area contributed by atoms with Gasteiger partial charge in [-0.05, 0) is 55.5 Å². The molecule has 2 fully saturated rings. The quantitative estimate of drug-likeness (QED) is 0.717. The van der Waals surface area contributed by atoms with Crippen LogP contribution >= 0.6 is 0 Å². The number of nitrogens with zero attached hydrogens (tertiary/aromatic N) is 3. The lowest BCUT2D eigenvalue weighted by atomic mass is 9.92. The van der Waals surface area contributed by atoms with E-state index in [1.54, 1.807) is 13.3 Å². The minimum Gasteiger partial charge on any atom is -0.497 e. The van der Waals surface area contributed by atoms with Gasteiger partial charge in [0, 0.05) is 25.7 Å². The highest BCUT2D eigenvalue weighted by Crippen LogP contribution is 2.26. The van der Waals surface area contributed by atoms with E-state index in [4.69, 9.17) is 9.47 Å². The molecule has 1 aliphatic heterocycles. The number of aliphatic hydroxyl groups excluding tert-OH is 1. The van der Waals surface area contributed by atoms with Crippen LogP contribution in [0.15, 0.2) is 42.6 Å². The molecule has 0 unspecified atom stereocenters. The number of hydrogen-bond acceptors (Lipinski definition) is 6. The highest BCUT2D eigenvalue weighted by molar-refractivity contribution is 5.89. The lowest BCUT2D eigenvalue weighted by Crippen LogP contribution is -2.44. The van der Waals surface area contributed by atoms with E-state index in [1.807, 2.05) is 41.3 Å². The molecule has 2 amide bonds. The van der Waals surface area contributed by atoms with E-state index >= 15 is 0 Å². The molecule has 0 atom stereocenters. The first kappa shape index (κ1) is 22.4. The summed E-state index contributed by atoms with van der Waals surface area (Å²) in [6.07, 6.45) is 4.42. The summed E-state index contributed by atoms with van der Waals surface area (Å²) in [4.78, 5) is 21.9. The van der Waals surface area contributed by atoms with Crippen LogP contribution in [0.2, 0.25) is 0 Å². The Morgan fingerprint density at radius 2 is 2.00 bits per heavy atom. The molecule has 1 saturated carbocycles. The molecule has 2 aromatic rings. The number of urea groups is 1. The summed E-state index contributed by atoms with van der Waals surface area (Å²) in [6.45, 7) is 3.52. The smallest absolute Gasteiger partial charge is 0.322 e. The van der Waals surface area contributed by atoms with Crippen molar-refractivity contribution in [2.45, 2.75) is 44.4 Å². The molecule has 0 spiro atoms. The molecule has 0 radical (unpaired) electrons. The number of carbonyl (C=O) groups is 1. The van der Waals surface area contributed by atoms with Gasteiger partial charge < -0.3 is 29.7 Å². The van der Waals surface area contributed by atoms with Crippen molar-refractivity contribution in [1.29, 1.82) is 0 Å². The minimum atomic E-state index is -0.273. The van der Waals surface area contributed by atoms with Crippen LogP contribution in [-0.2, 0) is 11.3 Å². The fourth-order valence-corrected chi connectivity index (χ4v) is 4.34. The van der Waals surface area contributed by atoms with Crippen LogP contribution in [0.3, 0.4) is 0 Å². The predicted molar refractivity (Wildman–Crippen MR) is 123 cm³/mol. The topological polar surface area (TPSA) is 87.2 Å². The number of amides is 2. The number of nitrogens with one attached hydrogen (secondary N) is 1. The van der Waals surface area contributed by atoms with Gasteiger partial charge in [-0.3, -0.25) is 0 Å². The standard InChI is InChI=1S/C24H32N4O4/c1-31-22-4-2-3-18(15-22)17-28(20-6-8-21(29)9-7-20)24(30)26-19-5-10-23(25-16-19)27-11-13-32-14-12-27/h2-5,10,15-16,20-21,29H,6-9,11-14,17H2,1H3,(H,26,30). The maximum atomic E-state index is 13.3. The van der Waals surface area contributed by atoms with Crippen molar-refractivity contribution in [3.05, 3.63) is 48.2 Å². The van der Waals surface area contributed by atoms with E-state index < -0.39 is 0 Å². The first-order chi connectivity index (χ1) is 15.6. The van der Waals surface area contributed by atoms with Crippen molar-refractivity contribution >= 4 is 17.5 Å². The normalized spacial score (nSPS) is 21.1. The van der Waals surface area contributed by atoms with E-state index in [-0.39, 0.29) is 18.2 Å². The van der Waals surface area contributed by atoms with Crippen LogP contribution in [0.4, 0.5) is 16.3 Å². The number of morpholine rings is 1. The number of ether oxygens (including phenoxy) is 2. The lowest BCUT2D eigenvalue weighted by Gasteiger charge is -2.36. The summed E-state index contributed by atoms with van der Waals surface area (Å²) in [5.74, 6) is 1.66. The fraction of sp³-hybridized carbons (Fsp3) is 0.500. The SMILES string of the molecule is COc1cccc(CN(C(=O)Nc2ccc(N3CCOCC3)nc2)C2CCC(O)CC2)c1. The van der Waals surface area contributed by atoms with Crippen molar-refractivity contribution in [3.8, 4) is 5.75 Å². The van der Waals surface area contributed by atoms with Crippen LogP contribution in [0.5, 0.6) is 5.75 Å². The second-order valence-corrected chi connectivity index (χ2v) is 8.38. The largest absolute Gasteiger partial charge is 0.497 e. The van der Waals surface area contributed by atoms with Crippen LogP contribution in [0.1, 0.15) is 31.2 Å². The van der Waals surface area contributed by atoms with Crippen molar-refractivity contribution < 1.29 is 19.4 Å². The van der Waals surface area contributed by atoms with Gasteiger partial charge in [-0.15, -0.1) is 0 Å². The molecule has 1 aliphatic carbocycles. The Labute approximate surface area is 189 Å². The summed E-state index contributed by atoms with van der Waals surface area (Å²) in [5.41, 5.74) is 1.67. The van der Waals surface area contributed by atoms with Gasteiger partial charge in [0.15, 0.2) is 0 Å². The predicted octanol–water partition coefficient (Wildman–Crippen LogP) is 3.26. The second-order valence-electron chi connectivity index (χ2n) is 8.38. The number of aromatic nitrogens is 1. The molecular weight excluding hydrogens is 408 g/mol. The fourth-order valence-electron chi connectivity index (χ4n) is 4.34. The summed E-state index contributed by atoms with van der Waals surface area (Å²) in [7, 11) is 1.64. The number of rotatable bonds is 6. The molecule has 32 heavy (non-hydrogen) atoms. The Balaban J connectivity index is 1.46. The van der Waals surface area contributed by atoms with Gasteiger partial charge in [0.25, 0.3) is 0 Å². The molecule has 1 saturated heterocycles. The van der Waals surface area contributed by atoms with Crippen LogP contribution in [-0.4, -0.2) is 66.6 Å². The first-order valence-electron chi connectivity index (χ1n) is 11.3. The number of benzene rings is 1. The summed E-state index contributed by atoms with van der Waals surface area (Å²) in [5, 5.41) is 12.9. The Morgan fingerprint density at radius 1 is 1.22 bits per heavy atom. The van der Waals surface area contributed by atoms with Crippen molar-refractivity contribution in [1.82, 2.24) is 9.88 Å². The molecule has 172 valence electrons. The molecule has 2 heterocycles. The maximum absolute atomic E-state index is 13.3. The molecule has 8 nitrogen and oxygen atoms in total. The second kappa shape index (κ2) is 10.7. The third-order valence-corrected chi connectivity index (χ3v) is 6.19. The average Bonchev–Trinajstić information content (AvgIpc) is 2.84. The third kappa shape index (κ3) is 5.69. The number of carbonyl (C=O) groups excluding carboxylic acids is 1. The highest BCUT2D eigenvalue weighted by Gasteiger charge is 2.28. The molecule has 1 aromatic heterocycles. The van der Waals surface area contributed by atoms with E-state index in [2.05, 4.69) is 15.2 Å². The molecule has 8 heteroatoms. The van der Waals surface area contributed by atoms with Gasteiger partial charge in [0.2, 0.25) is 0 Å². The van der Waals surface area contributed by atoms with Gasteiger partial charge >= 0.3 is 6.03 Å². The molecule has 2 N–H and O–H groups in total. The Hall–Kier alpha value is -2.84. The number of aliphatic hydroxyl groups is 1. The van der Waals surface area contributed by atoms with Crippen molar-refractivity contribution in [2.24, 2.45) is 0 Å². The number of hydrogen-bond donors (Lipinski definition) is 2.